The lowest BCUT2D eigenvalue weighted by atomic mass is 10.1. The molecule has 0 aliphatic heterocycles. The van der Waals surface area contributed by atoms with E-state index < -0.39 is 15.8 Å². The van der Waals surface area contributed by atoms with Gasteiger partial charge in [0.1, 0.15) is 5.75 Å². The Kier molecular flexibility index (Phi) is 5.96. The van der Waals surface area contributed by atoms with E-state index in [1.54, 1.807) is 36.4 Å². The van der Waals surface area contributed by atoms with Gasteiger partial charge in [-0.3, -0.25) is 0 Å². The Morgan fingerprint density at radius 2 is 1.52 bits per heavy atom. The van der Waals surface area contributed by atoms with Crippen LogP contribution in [0, 0.1) is 3.57 Å². The van der Waals surface area contributed by atoms with Crippen LogP contribution in [0.2, 0.25) is 0 Å². The van der Waals surface area contributed by atoms with Crippen LogP contribution in [0.15, 0.2) is 72.8 Å². The number of hydrogen-bond donors (Lipinski definition) is 0. The van der Waals surface area contributed by atoms with Gasteiger partial charge in [-0.2, -0.15) is 0 Å². The maximum absolute atomic E-state index is 12.4. The minimum atomic E-state index is -3.16. The predicted molar refractivity (Wildman–Crippen MR) is 115 cm³/mol. The first-order valence-corrected chi connectivity index (χ1v) is 11.3. The molecule has 0 fully saturated rings. The maximum atomic E-state index is 12.4. The van der Waals surface area contributed by atoms with Gasteiger partial charge < -0.3 is 4.74 Å². The zero-order valence-electron chi connectivity index (χ0n) is 14.6. The molecule has 0 bridgehead atoms. The Balaban J connectivity index is 1.72. The molecule has 0 saturated carbocycles. The van der Waals surface area contributed by atoms with Crippen molar-refractivity contribution in [3.63, 3.8) is 0 Å². The summed E-state index contributed by atoms with van der Waals surface area (Å²) in [6.07, 6.45) is 1.16. The van der Waals surface area contributed by atoms with Gasteiger partial charge in [0.15, 0.2) is 9.84 Å². The molecule has 0 radical (unpaired) electrons. The number of hydrogen-bond acceptors (Lipinski definition) is 4. The first-order chi connectivity index (χ1) is 12.8. The molecule has 0 aliphatic carbocycles. The summed E-state index contributed by atoms with van der Waals surface area (Å²) in [6.45, 7) is 0. The topological polar surface area (TPSA) is 60.4 Å². The van der Waals surface area contributed by atoms with Crippen molar-refractivity contribution in [1.29, 1.82) is 0 Å². The largest absolute Gasteiger partial charge is 0.423 e. The van der Waals surface area contributed by atoms with Gasteiger partial charge in [0, 0.05) is 9.83 Å². The monoisotopic (exact) mass is 492 g/mol. The second-order valence-corrected chi connectivity index (χ2v) is 9.58. The summed E-state index contributed by atoms with van der Waals surface area (Å²) < 4.78 is 29.4. The van der Waals surface area contributed by atoms with Gasteiger partial charge in [-0.1, -0.05) is 36.4 Å². The molecule has 3 aromatic rings. The van der Waals surface area contributed by atoms with Gasteiger partial charge in [-0.25, -0.2) is 13.2 Å². The van der Waals surface area contributed by atoms with Crippen LogP contribution in [0.3, 0.4) is 0 Å². The summed E-state index contributed by atoms with van der Waals surface area (Å²) in [6, 6.07) is 21.9. The molecule has 6 heteroatoms. The van der Waals surface area contributed by atoms with Crippen LogP contribution in [0.4, 0.5) is 0 Å². The lowest BCUT2D eigenvalue weighted by molar-refractivity contribution is 0.0734. The first-order valence-electron chi connectivity index (χ1n) is 8.15. The number of esters is 1. The zero-order chi connectivity index (χ0) is 19.4. The Morgan fingerprint density at radius 1 is 0.926 bits per heavy atom. The van der Waals surface area contributed by atoms with Crippen LogP contribution < -0.4 is 4.74 Å². The van der Waals surface area contributed by atoms with Gasteiger partial charge >= 0.3 is 5.97 Å². The summed E-state index contributed by atoms with van der Waals surface area (Å²) in [7, 11) is -3.16. The average molecular weight is 492 g/mol. The highest BCUT2D eigenvalue weighted by Gasteiger charge is 2.11. The average Bonchev–Trinajstić information content (AvgIpc) is 2.62. The Morgan fingerprint density at radius 3 is 2.11 bits per heavy atom. The molecule has 0 amide bonds. The second kappa shape index (κ2) is 8.22. The van der Waals surface area contributed by atoms with E-state index in [2.05, 4.69) is 22.6 Å². The summed E-state index contributed by atoms with van der Waals surface area (Å²) >= 11 is 2.26. The summed E-state index contributed by atoms with van der Waals surface area (Å²) in [5, 5.41) is 0. The number of carbonyl (C=O) groups excluding carboxylic acids is 1. The normalized spacial score (nSPS) is 11.2. The summed E-state index contributed by atoms with van der Waals surface area (Å²) in [4.78, 5) is 12.4. The SMILES string of the molecule is CS(=O)(=O)Cc1cccc(C(=O)Oc2ccc(-c3ccc(I)cc3)cc2)c1. The van der Waals surface area contributed by atoms with E-state index in [4.69, 9.17) is 4.74 Å². The highest BCUT2D eigenvalue weighted by molar-refractivity contribution is 14.1. The van der Waals surface area contributed by atoms with Crippen molar-refractivity contribution >= 4 is 38.4 Å². The lowest BCUT2D eigenvalue weighted by Gasteiger charge is -2.07. The molecule has 0 aromatic heterocycles. The molecule has 0 unspecified atom stereocenters. The Hall–Kier alpha value is -2.19. The molecule has 4 nitrogen and oxygen atoms in total. The van der Waals surface area contributed by atoms with Gasteiger partial charge in [-0.05, 0) is 75.7 Å². The third-order valence-corrected chi connectivity index (χ3v) is 5.41. The third kappa shape index (κ3) is 5.64. The molecule has 0 spiro atoms. The fourth-order valence-corrected chi connectivity index (χ4v) is 3.76. The van der Waals surface area contributed by atoms with Gasteiger partial charge in [0.05, 0.1) is 11.3 Å². The van der Waals surface area contributed by atoms with Crippen LogP contribution in [0.25, 0.3) is 11.1 Å². The Labute approximate surface area is 172 Å². The number of sulfone groups is 1. The Bertz CT molecular complexity index is 1060. The van der Waals surface area contributed by atoms with Crippen molar-refractivity contribution in [2.75, 3.05) is 6.26 Å². The van der Waals surface area contributed by atoms with E-state index in [9.17, 15) is 13.2 Å². The quantitative estimate of drug-likeness (QED) is 0.294. The molecule has 3 rings (SSSR count). The highest BCUT2D eigenvalue weighted by atomic mass is 127. The fraction of sp³-hybridized carbons (Fsp3) is 0.0952. The van der Waals surface area contributed by atoms with Crippen molar-refractivity contribution in [1.82, 2.24) is 0 Å². The lowest BCUT2D eigenvalue weighted by Crippen LogP contribution is -2.09. The fourth-order valence-electron chi connectivity index (χ4n) is 2.61. The first kappa shape index (κ1) is 19.6. The minimum Gasteiger partial charge on any atom is -0.423 e. The standard InChI is InChI=1S/C21H17IO4S/c1-27(24,25)14-15-3-2-4-18(13-15)21(23)26-20-11-7-17(8-12-20)16-5-9-19(22)10-6-16/h2-13H,14H2,1H3. The van der Waals surface area contributed by atoms with E-state index >= 15 is 0 Å². The summed E-state index contributed by atoms with van der Waals surface area (Å²) in [5.41, 5.74) is 2.99. The molecule has 0 aliphatic rings. The minimum absolute atomic E-state index is 0.112. The molecular formula is C21H17IO4S. The molecule has 3 aromatic carbocycles. The molecule has 0 saturated heterocycles. The molecule has 0 heterocycles. The van der Waals surface area contributed by atoms with E-state index in [0.29, 0.717) is 16.9 Å². The number of carbonyl (C=O) groups is 1. The van der Waals surface area contributed by atoms with Gasteiger partial charge in [0.25, 0.3) is 0 Å². The number of rotatable bonds is 5. The van der Waals surface area contributed by atoms with E-state index in [1.807, 2.05) is 36.4 Å². The molecule has 27 heavy (non-hydrogen) atoms. The maximum Gasteiger partial charge on any atom is 0.343 e. The molecule has 138 valence electrons. The molecular weight excluding hydrogens is 475 g/mol. The highest BCUT2D eigenvalue weighted by Crippen LogP contribution is 2.24. The van der Waals surface area contributed by atoms with Crippen molar-refractivity contribution in [3.8, 4) is 16.9 Å². The van der Waals surface area contributed by atoms with Gasteiger partial charge in [-0.15, -0.1) is 0 Å². The van der Waals surface area contributed by atoms with Crippen molar-refractivity contribution in [3.05, 3.63) is 87.5 Å². The van der Waals surface area contributed by atoms with Crippen LogP contribution >= 0.6 is 22.6 Å². The van der Waals surface area contributed by atoms with E-state index in [0.717, 1.165) is 17.4 Å². The van der Waals surface area contributed by atoms with E-state index in [1.165, 1.54) is 3.57 Å². The summed E-state index contributed by atoms with van der Waals surface area (Å²) in [5.74, 6) is -0.200. The second-order valence-electron chi connectivity index (χ2n) is 6.19. The van der Waals surface area contributed by atoms with Crippen molar-refractivity contribution in [2.24, 2.45) is 0 Å². The molecule has 0 atom stereocenters. The predicted octanol–water partition coefficient (Wildman–Crippen LogP) is 4.72. The molecule has 0 N–H and O–H groups in total. The van der Waals surface area contributed by atoms with Gasteiger partial charge in [0.2, 0.25) is 0 Å². The van der Waals surface area contributed by atoms with Crippen molar-refractivity contribution < 1.29 is 17.9 Å². The number of ether oxygens (including phenoxy) is 1. The zero-order valence-corrected chi connectivity index (χ0v) is 17.5. The van der Waals surface area contributed by atoms with Crippen LogP contribution in [-0.2, 0) is 15.6 Å². The van der Waals surface area contributed by atoms with Crippen molar-refractivity contribution in [2.45, 2.75) is 5.75 Å². The number of benzene rings is 3. The van der Waals surface area contributed by atoms with Crippen LogP contribution in [0.5, 0.6) is 5.75 Å². The van der Waals surface area contributed by atoms with E-state index in [-0.39, 0.29) is 5.75 Å². The smallest absolute Gasteiger partial charge is 0.343 e. The van der Waals surface area contributed by atoms with Crippen LogP contribution in [-0.4, -0.2) is 20.6 Å². The third-order valence-electron chi connectivity index (χ3n) is 3.83. The number of halogens is 1. The van der Waals surface area contributed by atoms with Crippen LogP contribution in [0.1, 0.15) is 15.9 Å².